The molecule has 0 spiro atoms. The SMILES string of the molecule is CC(C)Cc1ccc(C(C)NC(=O)C(C)(C)CN)cc1.Cl. The third kappa shape index (κ3) is 6.06. The number of amides is 1. The maximum atomic E-state index is 12.1. The smallest absolute Gasteiger partial charge is 0.227 e. The number of hydrogen-bond acceptors (Lipinski definition) is 2. The molecule has 0 saturated carbocycles. The van der Waals surface area contributed by atoms with E-state index in [0.717, 1.165) is 12.0 Å². The van der Waals surface area contributed by atoms with Gasteiger partial charge in [-0.1, -0.05) is 38.1 Å². The molecule has 4 heteroatoms. The summed E-state index contributed by atoms with van der Waals surface area (Å²) in [6.07, 6.45) is 1.08. The average molecular weight is 313 g/mol. The number of carbonyl (C=O) groups is 1. The molecule has 21 heavy (non-hydrogen) atoms. The Labute approximate surface area is 135 Å². The van der Waals surface area contributed by atoms with E-state index in [0.29, 0.717) is 12.5 Å². The minimum Gasteiger partial charge on any atom is -0.349 e. The zero-order chi connectivity index (χ0) is 15.3. The Morgan fingerprint density at radius 2 is 1.71 bits per heavy atom. The molecule has 1 atom stereocenters. The number of nitrogens with one attached hydrogen (secondary N) is 1. The minimum atomic E-state index is -0.522. The van der Waals surface area contributed by atoms with Gasteiger partial charge in [0.2, 0.25) is 5.91 Å². The van der Waals surface area contributed by atoms with E-state index in [9.17, 15) is 4.79 Å². The van der Waals surface area contributed by atoms with E-state index in [4.69, 9.17) is 5.73 Å². The molecular weight excluding hydrogens is 284 g/mol. The number of halogens is 1. The van der Waals surface area contributed by atoms with E-state index in [1.807, 2.05) is 20.8 Å². The van der Waals surface area contributed by atoms with Crippen LogP contribution < -0.4 is 11.1 Å². The first-order valence-electron chi connectivity index (χ1n) is 7.36. The van der Waals surface area contributed by atoms with Crippen molar-refractivity contribution in [1.82, 2.24) is 5.32 Å². The van der Waals surface area contributed by atoms with Gasteiger partial charge in [0.1, 0.15) is 0 Å². The quantitative estimate of drug-likeness (QED) is 0.845. The molecule has 1 aromatic rings. The van der Waals surface area contributed by atoms with E-state index in [1.54, 1.807) is 0 Å². The van der Waals surface area contributed by atoms with Crippen LogP contribution in [0.2, 0.25) is 0 Å². The van der Waals surface area contributed by atoms with Crippen molar-refractivity contribution in [1.29, 1.82) is 0 Å². The summed E-state index contributed by atoms with van der Waals surface area (Å²) in [5, 5.41) is 3.03. The molecule has 0 aliphatic carbocycles. The normalized spacial score (nSPS) is 12.7. The molecule has 120 valence electrons. The molecule has 0 aromatic heterocycles. The fourth-order valence-corrected chi connectivity index (χ4v) is 1.98. The Morgan fingerprint density at radius 3 is 2.14 bits per heavy atom. The van der Waals surface area contributed by atoms with Gasteiger partial charge in [0, 0.05) is 6.54 Å². The topological polar surface area (TPSA) is 55.1 Å². The fourth-order valence-electron chi connectivity index (χ4n) is 1.98. The van der Waals surface area contributed by atoms with Crippen molar-refractivity contribution in [2.45, 2.75) is 47.1 Å². The molecule has 0 radical (unpaired) electrons. The Bertz CT molecular complexity index is 441. The first kappa shape index (κ1) is 19.9. The molecule has 3 N–H and O–H groups in total. The highest BCUT2D eigenvalue weighted by Crippen LogP contribution is 2.19. The predicted octanol–water partition coefficient (Wildman–Crippen LogP) is 3.47. The molecule has 0 aliphatic heterocycles. The van der Waals surface area contributed by atoms with E-state index in [2.05, 4.69) is 43.4 Å². The summed E-state index contributed by atoms with van der Waals surface area (Å²) in [6, 6.07) is 8.48. The zero-order valence-electron chi connectivity index (χ0n) is 13.8. The van der Waals surface area contributed by atoms with Gasteiger partial charge in [0.05, 0.1) is 11.5 Å². The lowest BCUT2D eigenvalue weighted by atomic mass is 9.92. The summed E-state index contributed by atoms with van der Waals surface area (Å²) in [5.74, 6) is 0.655. The Hall–Kier alpha value is -1.06. The standard InChI is InChI=1S/C17H28N2O.ClH/c1-12(2)10-14-6-8-15(9-7-14)13(3)19-16(20)17(4,5)11-18;/h6-9,12-13H,10-11,18H2,1-5H3,(H,19,20);1H. The van der Waals surface area contributed by atoms with Gasteiger partial charge in [-0.05, 0) is 44.2 Å². The van der Waals surface area contributed by atoms with Gasteiger partial charge >= 0.3 is 0 Å². The summed E-state index contributed by atoms with van der Waals surface area (Å²) in [7, 11) is 0. The molecule has 0 fully saturated rings. The lowest BCUT2D eigenvalue weighted by molar-refractivity contribution is -0.129. The predicted molar refractivity (Wildman–Crippen MR) is 91.6 cm³/mol. The number of carbonyl (C=O) groups excluding carboxylic acids is 1. The van der Waals surface area contributed by atoms with Gasteiger partial charge < -0.3 is 11.1 Å². The van der Waals surface area contributed by atoms with Gasteiger partial charge in [-0.3, -0.25) is 4.79 Å². The van der Waals surface area contributed by atoms with Crippen LogP contribution in [0.3, 0.4) is 0 Å². The highest BCUT2D eigenvalue weighted by atomic mass is 35.5. The van der Waals surface area contributed by atoms with Gasteiger partial charge in [-0.2, -0.15) is 0 Å². The molecular formula is C17H29ClN2O. The van der Waals surface area contributed by atoms with Crippen LogP contribution >= 0.6 is 12.4 Å². The lowest BCUT2D eigenvalue weighted by Crippen LogP contribution is -2.42. The largest absolute Gasteiger partial charge is 0.349 e. The molecule has 0 heterocycles. The number of rotatable bonds is 6. The molecule has 0 saturated heterocycles. The highest BCUT2D eigenvalue weighted by molar-refractivity contribution is 5.85. The summed E-state index contributed by atoms with van der Waals surface area (Å²) in [6.45, 7) is 10.5. The highest BCUT2D eigenvalue weighted by Gasteiger charge is 2.26. The minimum absolute atomic E-state index is 0. The third-order valence-electron chi connectivity index (χ3n) is 3.60. The zero-order valence-corrected chi connectivity index (χ0v) is 14.6. The van der Waals surface area contributed by atoms with Crippen molar-refractivity contribution >= 4 is 18.3 Å². The maximum Gasteiger partial charge on any atom is 0.227 e. The molecule has 0 aliphatic rings. The van der Waals surface area contributed by atoms with Crippen molar-refractivity contribution < 1.29 is 4.79 Å². The van der Waals surface area contributed by atoms with Crippen LogP contribution in [0.1, 0.15) is 51.8 Å². The van der Waals surface area contributed by atoms with Crippen molar-refractivity contribution in [2.24, 2.45) is 17.1 Å². The lowest BCUT2D eigenvalue weighted by Gasteiger charge is -2.24. The van der Waals surface area contributed by atoms with Crippen LogP contribution in [-0.4, -0.2) is 12.5 Å². The van der Waals surface area contributed by atoms with E-state index in [-0.39, 0.29) is 24.4 Å². The number of nitrogens with two attached hydrogens (primary N) is 1. The van der Waals surface area contributed by atoms with Gasteiger partial charge in [-0.15, -0.1) is 12.4 Å². The third-order valence-corrected chi connectivity index (χ3v) is 3.60. The summed E-state index contributed by atoms with van der Waals surface area (Å²) < 4.78 is 0. The molecule has 1 aromatic carbocycles. The molecule has 1 rings (SSSR count). The van der Waals surface area contributed by atoms with Crippen LogP contribution in [0.15, 0.2) is 24.3 Å². The second kappa shape index (κ2) is 8.40. The van der Waals surface area contributed by atoms with Crippen molar-refractivity contribution in [3.8, 4) is 0 Å². The first-order chi connectivity index (χ1) is 9.26. The van der Waals surface area contributed by atoms with Crippen molar-refractivity contribution in [3.05, 3.63) is 35.4 Å². The van der Waals surface area contributed by atoms with Crippen LogP contribution in [-0.2, 0) is 11.2 Å². The second-order valence-electron chi connectivity index (χ2n) is 6.62. The van der Waals surface area contributed by atoms with E-state index >= 15 is 0 Å². The maximum absolute atomic E-state index is 12.1. The molecule has 1 amide bonds. The van der Waals surface area contributed by atoms with Gasteiger partial charge in [0.25, 0.3) is 0 Å². The monoisotopic (exact) mass is 312 g/mol. The molecule has 3 nitrogen and oxygen atoms in total. The van der Waals surface area contributed by atoms with Crippen LogP contribution in [0.25, 0.3) is 0 Å². The van der Waals surface area contributed by atoms with E-state index in [1.165, 1.54) is 5.56 Å². The summed E-state index contributed by atoms with van der Waals surface area (Å²) in [5.41, 5.74) is 7.57. The number of benzene rings is 1. The number of hydrogen-bond donors (Lipinski definition) is 2. The van der Waals surface area contributed by atoms with Crippen LogP contribution in [0.5, 0.6) is 0 Å². The van der Waals surface area contributed by atoms with Crippen LogP contribution in [0, 0.1) is 11.3 Å². The Morgan fingerprint density at radius 1 is 1.19 bits per heavy atom. The van der Waals surface area contributed by atoms with Gasteiger partial charge in [-0.25, -0.2) is 0 Å². The first-order valence-corrected chi connectivity index (χ1v) is 7.36. The Kier molecular flexibility index (Phi) is 7.98. The Balaban J connectivity index is 0.00000400. The van der Waals surface area contributed by atoms with Crippen molar-refractivity contribution in [3.63, 3.8) is 0 Å². The molecule has 1 unspecified atom stereocenters. The van der Waals surface area contributed by atoms with Crippen molar-refractivity contribution in [2.75, 3.05) is 6.54 Å². The fraction of sp³-hybridized carbons (Fsp3) is 0.588. The van der Waals surface area contributed by atoms with Gasteiger partial charge in [0.15, 0.2) is 0 Å². The summed E-state index contributed by atoms with van der Waals surface area (Å²) >= 11 is 0. The van der Waals surface area contributed by atoms with E-state index < -0.39 is 5.41 Å². The summed E-state index contributed by atoms with van der Waals surface area (Å²) in [4.78, 5) is 12.1. The second-order valence-corrected chi connectivity index (χ2v) is 6.62. The average Bonchev–Trinajstić information content (AvgIpc) is 2.38. The molecule has 0 bridgehead atoms. The van der Waals surface area contributed by atoms with Crippen LogP contribution in [0.4, 0.5) is 0 Å².